The SMILES string of the molecule is C=Cc1ncc(C(C)(CC)CCCCCCC)o1. The van der Waals surface area contributed by atoms with E-state index in [4.69, 9.17) is 4.42 Å². The van der Waals surface area contributed by atoms with E-state index >= 15 is 0 Å². The van der Waals surface area contributed by atoms with Crippen molar-refractivity contribution >= 4 is 6.08 Å². The smallest absolute Gasteiger partial charge is 0.218 e. The lowest BCUT2D eigenvalue weighted by atomic mass is 9.80. The van der Waals surface area contributed by atoms with Crippen LogP contribution in [0.1, 0.15) is 77.4 Å². The summed E-state index contributed by atoms with van der Waals surface area (Å²) in [7, 11) is 0. The molecule has 0 aromatic carbocycles. The number of nitrogens with zero attached hydrogens (tertiary/aromatic N) is 1. The highest BCUT2D eigenvalue weighted by atomic mass is 16.4. The van der Waals surface area contributed by atoms with E-state index in [1.807, 2.05) is 6.20 Å². The molecule has 0 aliphatic rings. The summed E-state index contributed by atoms with van der Waals surface area (Å²) in [5.41, 5.74) is 0.125. The Balaban J connectivity index is 2.53. The van der Waals surface area contributed by atoms with Crippen LogP contribution in [0.2, 0.25) is 0 Å². The Morgan fingerprint density at radius 1 is 1.28 bits per heavy atom. The Morgan fingerprint density at radius 3 is 2.56 bits per heavy atom. The van der Waals surface area contributed by atoms with E-state index in [-0.39, 0.29) is 5.41 Å². The molecule has 0 aliphatic heterocycles. The molecule has 0 bridgehead atoms. The second-order valence-electron chi connectivity index (χ2n) is 5.35. The Hall–Kier alpha value is -1.05. The first kappa shape index (κ1) is 15.0. The van der Waals surface area contributed by atoms with Crippen molar-refractivity contribution < 1.29 is 4.42 Å². The lowest BCUT2D eigenvalue weighted by Gasteiger charge is -2.25. The van der Waals surface area contributed by atoms with Gasteiger partial charge in [-0.2, -0.15) is 0 Å². The van der Waals surface area contributed by atoms with Crippen LogP contribution in [0.4, 0.5) is 0 Å². The molecule has 1 atom stereocenters. The lowest BCUT2D eigenvalue weighted by Crippen LogP contribution is -2.20. The molecule has 1 rings (SSSR count). The largest absolute Gasteiger partial charge is 0.441 e. The molecule has 0 saturated carbocycles. The Labute approximate surface area is 112 Å². The van der Waals surface area contributed by atoms with Crippen LogP contribution < -0.4 is 0 Å². The zero-order valence-corrected chi connectivity index (χ0v) is 12.2. The van der Waals surface area contributed by atoms with Crippen molar-refractivity contribution in [2.24, 2.45) is 0 Å². The minimum Gasteiger partial charge on any atom is -0.441 e. The van der Waals surface area contributed by atoms with E-state index in [9.17, 15) is 0 Å². The molecule has 18 heavy (non-hydrogen) atoms. The van der Waals surface area contributed by atoms with E-state index < -0.39 is 0 Å². The van der Waals surface area contributed by atoms with E-state index in [0.717, 1.165) is 12.2 Å². The van der Waals surface area contributed by atoms with E-state index in [1.165, 1.54) is 38.5 Å². The Bertz CT molecular complexity index is 356. The van der Waals surface area contributed by atoms with E-state index in [2.05, 4.69) is 32.3 Å². The molecule has 1 aromatic heterocycles. The van der Waals surface area contributed by atoms with Crippen molar-refractivity contribution in [3.63, 3.8) is 0 Å². The molecule has 102 valence electrons. The molecular weight excluding hydrogens is 222 g/mol. The summed E-state index contributed by atoms with van der Waals surface area (Å²) >= 11 is 0. The summed E-state index contributed by atoms with van der Waals surface area (Å²) in [6, 6.07) is 0. The van der Waals surface area contributed by atoms with Crippen LogP contribution in [0.3, 0.4) is 0 Å². The van der Waals surface area contributed by atoms with Gasteiger partial charge in [0.2, 0.25) is 5.89 Å². The standard InChI is InChI=1S/C16H27NO/c1-5-8-9-10-11-12-16(4,7-3)14-13-17-15(6-2)18-14/h6,13H,2,5,7-12H2,1,3-4H3. The molecule has 0 fully saturated rings. The molecule has 1 aromatic rings. The summed E-state index contributed by atoms with van der Waals surface area (Å²) in [4.78, 5) is 4.22. The van der Waals surface area contributed by atoms with Crippen molar-refractivity contribution in [1.82, 2.24) is 4.98 Å². The third-order valence-corrected chi connectivity index (χ3v) is 3.91. The minimum absolute atomic E-state index is 0.125. The fourth-order valence-electron chi connectivity index (χ4n) is 2.25. The van der Waals surface area contributed by atoms with Crippen LogP contribution in [0.25, 0.3) is 6.08 Å². The average Bonchev–Trinajstić information content (AvgIpc) is 2.87. The third-order valence-electron chi connectivity index (χ3n) is 3.91. The van der Waals surface area contributed by atoms with Crippen molar-refractivity contribution in [3.05, 3.63) is 24.4 Å². The van der Waals surface area contributed by atoms with Crippen molar-refractivity contribution in [3.8, 4) is 0 Å². The van der Waals surface area contributed by atoms with Gasteiger partial charge in [0, 0.05) is 5.41 Å². The Morgan fingerprint density at radius 2 is 2.00 bits per heavy atom. The molecule has 0 N–H and O–H groups in total. The van der Waals surface area contributed by atoms with Gasteiger partial charge in [0.15, 0.2) is 0 Å². The van der Waals surface area contributed by atoms with Gasteiger partial charge in [0.05, 0.1) is 6.20 Å². The first-order valence-electron chi connectivity index (χ1n) is 7.25. The first-order valence-corrected chi connectivity index (χ1v) is 7.25. The predicted octanol–water partition coefficient (Wildman–Crippen LogP) is 5.35. The normalized spacial score (nSPS) is 14.4. The zero-order valence-electron chi connectivity index (χ0n) is 12.2. The second-order valence-corrected chi connectivity index (χ2v) is 5.35. The number of hydrogen-bond donors (Lipinski definition) is 0. The van der Waals surface area contributed by atoms with Gasteiger partial charge in [0.25, 0.3) is 0 Å². The van der Waals surface area contributed by atoms with E-state index in [1.54, 1.807) is 6.08 Å². The molecule has 0 radical (unpaired) electrons. The Kier molecular flexibility index (Phi) is 6.17. The van der Waals surface area contributed by atoms with Gasteiger partial charge in [-0.25, -0.2) is 4.98 Å². The van der Waals surface area contributed by atoms with Crippen LogP contribution in [0.15, 0.2) is 17.2 Å². The molecule has 0 amide bonds. The highest BCUT2D eigenvalue weighted by Crippen LogP contribution is 2.33. The van der Waals surface area contributed by atoms with E-state index in [0.29, 0.717) is 5.89 Å². The number of oxazole rings is 1. The number of aromatic nitrogens is 1. The molecule has 0 saturated heterocycles. The van der Waals surface area contributed by atoms with Gasteiger partial charge in [-0.1, -0.05) is 59.5 Å². The maximum atomic E-state index is 5.74. The first-order chi connectivity index (χ1) is 8.66. The fourth-order valence-corrected chi connectivity index (χ4v) is 2.25. The quantitative estimate of drug-likeness (QED) is 0.552. The summed E-state index contributed by atoms with van der Waals surface area (Å²) in [5, 5.41) is 0. The molecule has 2 heteroatoms. The zero-order chi connectivity index (χ0) is 13.4. The third kappa shape index (κ3) is 4.01. The molecule has 1 unspecified atom stereocenters. The fraction of sp³-hybridized carbons (Fsp3) is 0.688. The molecule has 0 spiro atoms. The average molecular weight is 249 g/mol. The summed E-state index contributed by atoms with van der Waals surface area (Å²) in [6.07, 6.45) is 12.4. The van der Waals surface area contributed by atoms with Crippen molar-refractivity contribution in [1.29, 1.82) is 0 Å². The topological polar surface area (TPSA) is 26.0 Å². The minimum atomic E-state index is 0.125. The van der Waals surface area contributed by atoms with Gasteiger partial charge < -0.3 is 4.42 Å². The lowest BCUT2D eigenvalue weighted by molar-refractivity contribution is 0.315. The monoisotopic (exact) mass is 249 g/mol. The highest BCUT2D eigenvalue weighted by molar-refractivity contribution is 5.34. The second kappa shape index (κ2) is 7.40. The van der Waals surface area contributed by atoms with Gasteiger partial charge in [0.1, 0.15) is 5.76 Å². The van der Waals surface area contributed by atoms with Crippen LogP contribution in [0, 0.1) is 0 Å². The van der Waals surface area contributed by atoms with Crippen molar-refractivity contribution in [2.75, 3.05) is 0 Å². The highest BCUT2D eigenvalue weighted by Gasteiger charge is 2.28. The van der Waals surface area contributed by atoms with Gasteiger partial charge in [-0.05, 0) is 18.9 Å². The number of rotatable bonds is 9. The number of unbranched alkanes of at least 4 members (excludes halogenated alkanes) is 4. The van der Waals surface area contributed by atoms with Crippen LogP contribution in [0.5, 0.6) is 0 Å². The van der Waals surface area contributed by atoms with Gasteiger partial charge >= 0.3 is 0 Å². The van der Waals surface area contributed by atoms with Gasteiger partial charge in [-0.3, -0.25) is 0 Å². The van der Waals surface area contributed by atoms with Crippen LogP contribution in [-0.2, 0) is 5.41 Å². The number of hydrogen-bond acceptors (Lipinski definition) is 2. The summed E-state index contributed by atoms with van der Waals surface area (Å²) in [5.74, 6) is 1.64. The molecule has 1 heterocycles. The summed E-state index contributed by atoms with van der Waals surface area (Å²) in [6.45, 7) is 10.4. The predicted molar refractivity (Wildman–Crippen MR) is 77.6 cm³/mol. The van der Waals surface area contributed by atoms with Crippen LogP contribution in [-0.4, -0.2) is 4.98 Å². The molecular formula is C16H27NO. The van der Waals surface area contributed by atoms with Crippen LogP contribution >= 0.6 is 0 Å². The molecule has 2 nitrogen and oxygen atoms in total. The maximum absolute atomic E-state index is 5.74. The molecule has 0 aliphatic carbocycles. The van der Waals surface area contributed by atoms with Gasteiger partial charge in [-0.15, -0.1) is 0 Å². The summed E-state index contributed by atoms with van der Waals surface area (Å²) < 4.78 is 5.74. The maximum Gasteiger partial charge on any atom is 0.218 e. The van der Waals surface area contributed by atoms with Crippen molar-refractivity contribution in [2.45, 2.75) is 71.1 Å².